The van der Waals surface area contributed by atoms with Gasteiger partial charge in [-0.25, -0.2) is 0 Å². The molecule has 4 aromatic rings. The van der Waals surface area contributed by atoms with Gasteiger partial charge >= 0.3 is 0 Å². The molecule has 0 atom stereocenters. The number of rotatable bonds is 8. The summed E-state index contributed by atoms with van der Waals surface area (Å²) in [6.07, 6.45) is 0. The number of azo groups is 2. The van der Waals surface area contributed by atoms with Crippen LogP contribution >= 0.6 is 0 Å². The van der Waals surface area contributed by atoms with Gasteiger partial charge in [-0.15, -0.1) is 0 Å². The average molecular weight is 467 g/mol. The molecular weight excluding hydrogens is 450 g/mol. The van der Waals surface area contributed by atoms with Gasteiger partial charge in [0.25, 0.3) is 11.4 Å². The van der Waals surface area contributed by atoms with Crippen molar-refractivity contribution in [2.75, 3.05) is 5.32 Å². The first-order valence-corrected chi connectivity index (χ1v) is 10.3. The van der Waals surface area contributed by atoms with Gasteiger partial charge < -0.3 is 5.32 Å². The molecule has 0 spiro atoms. The summed E-state index contributed by atoms with van der Waals surface area (Å²) < 4.78 is 0. The molecule has 0 unspecified atom stereocenters. The van der Waals surface area contributed by atoms with Crippen molar-refractivity contribution in [1.82, 2.24) is 0 Å². The molecule has 0 aliphatic heterocycles. The lowest BCUT2D eigenvalue weighted by atomic mass is 10.2. The third-order valence-electron chi connectivity index (χ3n) is 4.71. The van der Waals surface area contributed by atoms with Gasteiger partial charge in [-0.05, 0) is 72.8 Å². The van der Waals surface area contributed by atoms with Crippen LogP contribution in [0.1, 0.15) is 0 Å². The van der Waals surface area contributed by atoms with E-state index in [1.165, 1.54) is 48.5 Å². The number of benzene rings is 4. The van der Waals surface area contributed by atoms with E-state index in [1.54, 1.807) is 24.3 Å². The maximum absolute atomic E-state index is 10.7. The summed E-state index contributed by atoms with van der Waals surface area (Å²) in [5.74, 6) is 0. The maximum Gasteiger partial charge on any atom is 0.269 e. The van der Waals surface area contributed by atoms with Crippen molar-refractivity contribution in [2.45, 2.75) is 0 Å². The highest BCUT2D eigenvalue weighted by molar-refractivity contribution is 5.63. The van der Waals surface area contributed by atoms with E-state index in [-0.39, 0.29) is 11.4 Å². The second-order valence-electron chi connectivity index (χ2n) is 7.17. The molecule has 4 rings (SSSR count). The fourth-order valence-corrected chi connectivity index (χ4v) is 2.90. The Morgan fingerprint density at radius 3 is 0.971 bits per heavy atom. The van der Waals surface area contributed by atoms with Gasteiger partial charge in [0.1, 0.15) is 0 Å². The SMILES string of the molecule is O=[N+]([O-])c1ccc(N=Nc2ccc(Nc3ccc(N=Nc4ccc([N+](=O)[O-])cc4)cc3)cc2)cc1. The number of nitro benzene ring substituents is 2. The van der Waals surface area contributed by atoms with E-state index in [2.05, 4.69) is 25.8 Å². The first kappa shape index (κ1) is 22.9. The number of nitrogens with one attached hydrogen (secondary N) is 1. The lowest BCUT2D eigenvalue weighted by Gasteiger charge is -2.06. The number of nitrogens with zero attached hydrogens (tertiary/aromatic N) is 6. The van der Waals surface area contributed by atoms with Gasteiger partial charge in [-0.2, -0.15) is 20.5 Å². The van der Waals surface area contributed by atoms with Gasteiger partial charge in [0.2, 0.25) is 0 Å². The number of hydrogen-bond acceptors (Lipinski definition) is 9. The molecule has 0 saturated heterocycles. The van der Waals surface area contributed by atoms with Crippen LogP contribution in [0, 0.1) is 20.2 Å². The molecule has 0 amide bonds. The summed E-state index contributed by atoms with van der Waals surface area (Å²) in [4.78, 5) is 20.5. The Morgan fingerprint density at radius 2 is 0.714 bits per heavy atom. The zero-order valence-corrected chi connectivity index (χ0v) is 18.1. The minimum absolute atomic E-state index is 0.0000311. The van der Waals surface area contributed by atoms with Crippen LogP contribution in [0.2, 0.25) is 0 Å². The minimum Gasteiger partial charge on any atom is -0.356 e. The highest BCUT2D eigenvalue weighted by Gasteiger charge is 2.04. The molecule has 0 fully saturated rings. The van der Waals surface area contributed by atoms with E-state index >= 15 is 0 Å². The van der Waals surface area contributed by atoms with Crippen molar-refractivity contribution >= 4 is 45.5 Å². The first-order chi connectivity index (χ1) is 17.0. The highest BCUT2D eigenvalue weighted by Crippen LogP contribution is 2.26. The van der Waals surface area contributed by atoms with Crippen LogP contribution in [0.3, 0.4) is 0 Å². The molecule has 0 heterocycles. The van der Waals surface area contributed by atoms with Crippen molar-refractivity contribution in [3.05, 3.63) is 117 Å². The van der Waals surface area contributed by atoms with Gasteiger partial charge in [0.05, 0.1) is 32.6 Å². The Kier molecular flexibility index (Phi) is 6.88. The Morgan fingerprint density at radius 1 is 0.457 bits per heavy atom. The minimum atomic E-state index is -0.466. The summed E-state index contributed by atoms with van der Waals surface area (Å²) in [7, 11) is 0. The summed E-state index contributed by atoms with van der Waals surface area (Å²) in [6, 6.07) is 26.2. The van der Waals surface area contributed by atoms with Crippen molar-refractivity contribution in [3.8, 4) is 0 Å². The summed E-state index contributed by atoms with van der Waals surface area (Å²) in [5.41, 5.74) is 4.00. The average Bonchev–Trinajstić information content (AvgIpc) is 2.88. The van der Waals surface area contributed by atoms with Crippen molar-refractivity contribution < 1.29 is 9.85 Å². The van der Waals surface area contributed by atoms with Crippen LogP contribution in [0.5, 0.6) is 0 Å². The standard InChI is InChI=1S/C24H17N7O4/c32-30(33)23-13-9-21(10-14-23)28-26-19-5-1-17(2-6-19)25-18-3-7-20(8-4-18)27-29-22-11-15-24(16-12-22)31(34)35/h1-16,25H. The fraction of sp³-hybridized carbons (Fsp3) is 0. The van der Waals surface area contributed by atoms with Crippen LogP contribution < -0.4 is 5.32 Å². The maximum atomic E-state index is 10.7. The Hall–Kier alpha value is -5.32. The summed E-state index contributed by atoms with van der Waals surface area (Å²) in [6.45, 7) is 0. The molecule has 0 saturated carbocycles. The van der Waals surface area contributed by atoms with Crippen LogP contribution in [0.4, 0.5) is 45.5 Å². The zero-order valence-electron chi connectivity index (χ0n) is 18.1. The molecule has 0 radical (unpaired) electrons. The van der Waals surface area contributed by atoms with Crippen molar-refractivity contribution in [2.24, 2.45) is 20.5 Å². The van der Waals surface area contributed by atoms with E-state index in [1.807, 2.05) is 24.3 Å². The third kappa shape index (κ3) is 6.35. The second-order valence-corrected chi connectivity index (χ2v) is 7.17. The Bertz CT molecular complexity index is 1280. The van der Waals surface area contributed by atoms with Crippen molar-refractivity contribution in [1.29, 1.82) is 0 Å². The Balaban J connectivity index is 1.33. The second kappa shape index (κ2) is 10.5. The number of hydrogen-bond donors (Lipinski definition) is 1. The van der Waals surface area contributed by atoms with Crippen molar-refractivity contribution in [3.63, 3.8) is 0 Å². The molecule has 11 nitrogen and oxygen atoms in total. The van der Waals surface area contributed by atoms with E-state index in [0.29, 0.717) is 22.7 Å². The lowest BCUT2D eigenvalue weighted by molar-refractivity contribution is -0.385. The summed E-state index contributed by atoms with van der Waals surface area (Å²) in [5, 5.41) is 41.1. The molecule has 0 aliphatic rings. The van der Waals surface area contributed by atoms with Crippen LogP contribution in [0.15, 0.2) is 118 Å². The molecular formula is C24H17N7O4. The normalized spacial score (nSPS) is 11.1. The van der Waals surface area contributed by atoms with Gasteiger partial charge in [0.15, 0.2) is 0 Å². The highest BCUT2D eigenvalue weighted by atomic mass is 16.6. The monoisotopic (exact) mass is 467 g/mol. The van der Waals surface area contributed by atoms with Crippen LogP contribution in [0.25, 0.3) is 0 Å². The van der Waals surface area contributed by atoms with Crippen LogP contribution in [-0.4, -0.2) is 9.85 Å². The predicted molar refractivity (Wildman–Crippen MR) is 131 cm³/mol. The van der Waals surface area contributed by atoms with E-state index < -0.39 is 9.85 Å². The largest absolute Gasteiger partial charge is 0.356 e. The zero-order chi connectivity index (χ0) is 24.6. The van der Waals surface area contributed by atoms with Gasteiger partial charge in [-0.3, -0.25) is 20.2 Å². The molecule has 0 bridgehead atoms. The fourth-order valence-electron chi connectivity index (χ4n) is 2.90. The predicted octanol–water partition coefficient (Wildman–Crippen LogP) is 8.08. The van der Waals surface area contributed by atoms with Gasteiger partial charge in [-0.1, -0.05) is 0 Å². The molecule has 11 heteroatoms. The quantitative estimate of drug-likeness (QED) is 0.158. The molecule has 0 aliphatic carbocycles. The molecule has 35 heavy (non-hydrogen) atoms. The van der Waals surface area contributed by atoms with E-state index in [0.717, 1.165) is 11.4 Å². The van der Waals surface area contributed by atoms with E-state index in [9.17, 15) is 20.2 Å². The number of anilines is 2. The van der Waals surface area contributed by atoms with Crippen LogP contribution in [-0.2, 0) is 0 Å². The lowest BCUT2D eigenvalue weighted by Crippen LogP contribution is -1.88. The number of nitro groups is 2. The molecule has 0 aromatic heterocycles. The third-order valence-corrected chi connectivity index (χ3v) is 4.71. The van der Waals surface area contributed by atoms with E-state index in [4.69, 9.17) is 0 Å². The van der Waals surface area contributed by atoms with Gasteiger partial charge in [0, 0.05) is 35.6 Å². The Labute approximate surface area is 198 Å². The smallest absolute Gasteiger partial charge is 0.269 e. The molecule has 4 aromatic carbocycles. The molecule has 1 N–H and O–H groups in total. The first-order valence-electron chi connectivity index (χ1n) is 10.3. The summed E-state index contributed by atoms with van der Waals surface area (Å²) >= 11 is 0. The topological polar surface area (TPSA) is 148 Å². The number of non-ortho nitro benzene ring substituents is 2. The molecule has 172 valence electrons.